The number of hydrogen-bond acceptors (Lipinski definition) is 3. The van der Waals surface area contributed by atoms with E-state index in [0.29, 0.717) is 0 Å². The molecule has 0 saturated carbocycles. The summed E-state index contributed by atoms with van der Waals surface area (Å²) >= 11 is 0. The van der Waals surface area contributed by atoms with Crippen molar-refractivity contribution in [2.75, 3.05) is 6.54 Å². The van der Waals surface area contributed by atoms with Crippen LogP contribution in [0.15, 0.2) is 0 Å². The van der Waals surface area contributed by atoms with E-state index in [1.54, 1.807) is 0 Å². The molecule has 0 saturated heterocycles. The number of carbonyl (C=O) groups is 1. The van der Waals surface area contributed by atoms with Gasteiger partial charge in [-0.25, -0.2) is 0 Å². The van der Waals surface area contributed by atoms with E-state index in [2.05, 4.69) is 0 Å². The molecule has 0 radical (unpaired) electrons. The van der Waals surface area contributed by atoms with E-state index in [0.717, 1.165) is 0 Å². The quantitative estimate of drug-likeness (QED) is 0.659. The van der Waals surface area contributed by atoms with Gasteiger partial charge in [0.05, 0.1) is 6.10 Å². The molecule has 0 heterocycles. The SMILES string of the molecule is CC(O)C(N)CNC(=O)C(C(F)(F)F)C(F)(F)F. The minimum atomic E-state index is -5.74. The summed E-state index contributed by atoms with van der Waals surface area (Å²) in [7, 11) is 0. The first-order valence-corrected chi connectivity index (χ1v) is 4.72. The summed E-state index contributed by atoms with van der Waals surface area (Å²) in [6.07, 6.45) is -12.7. The molecule has 1 amide bonds. The van der Waals surface area contributed by atoms with E-state index < -0.39 is 42.9 Å². The molecule has 0 aliphatic rings. The zero-order valence-electron chi connectivity index (χ0n) is 9.14. The van der Waals surface area contributed by atoms with Gasteiger partial charge in [-0.2, -0.15) is 26.3 Å². The standard InChI is InChI=1S/C8H12F6N2O2/c1-3(17)4(15)2-16-6(18)5(7(9,10)11)8(12,13)14/h3-5,17H,2,15H2,1H3,(H,16,18). The molecule has 0 aliphatic heterocycles. The monoisotopic (exact) mass is 282 g/mol. The second kappa shape index (κ2) is 5.74. The molecule has 0 spiro atoms. The van der Waals surface area contributed by atoms with E-state index in [1.165, 1.54) is 12.2 Å². The molecular weight excluding hydrogens is 270 g/mol. The van der Waals surface area contributed by atoms with Crippen molar-refractivity contribution >= 4 is 5.91 Å². The molecular formula is C8H12F6N2O2. The Balaban J connectivity index is 4.71. The van der Waals surface area contributed by atoms with Crippen molar-refractivity contribution in [3.05, 3.63) is 0 Å². The molecule has 10 heteroatoms. The normalized spacial score (nSPS) is 16.6. The van der Waals surface area contributed by atoms with Crippen LogP contribution < -0.4 is 11.1 Å². The lowest BCUT2D eigenvalue weighted by molar-refractivity contribution is -0.274. The number of nitrogens with one attached hydrogen (secondary N) is 1. The van der Waals surface area contributed by atoms with Crippen LogP contribution in [-0.4, -0.2) is 42.1 Å². The maximum absolute atomic E-state index is 12.1. The van der Waals surface area contributed by atoms with Gasteiger partial charge in [0.25, 0.3) is 0 Å². The fraction of sp³-hybridized carbons (Fsp3) is 0.875. The Labute approximate surface area is 98.1 Å². The molecule has 0 fully saturated rings. The highest BCUT2D eigenvalue weighted by Crippen LogP contribution is 2.39. The second-order valence-electron chi connectivity index (χ2n) is 3.67. The Bertz CT molecular complexity index is 274. The average molecular weight is 282 g/mol. The lowest BCUT2D eigenvalue weighted by atomic mass is 10.1. The summed E-state index contributed by atoms with van der Waals surface area (Å²) < 4.78 is 72.5. The van der Waals surface area contributed by atoms with Crippen LogP contribution in [0.3, 0.4) is 0 Å². The van der Waals surface area contributed by atoms with Gasteiger partial charge in [0, 0.05) is 12.6 Å². The number of aliphatic hydroxyl groups is 1. The number of hydrogen-bond donors (Lipinski definition) is 3. The number of carbonyl (C=O) groups excluding carboxylic acids is 1. The number of nitrogens with two attached hydrogens (primary N) is 1. The van der Waals surface area contributed by atoms with Crippen molar-refractivity contribution in [3.63, 3.8) is 0 Å². The molecule has 0 aliphatic carbocycles. The van der Waals surface area contributed by atoms with Gasteiger partial charge in [-0.1, -0.05) is 0 Å². The van der Waals surface area contributed by atoms with Gasteiger partial charge in [0.1, 0.15) is 0 Å². The zero-order valence-corrected chi connectivity index (χ0v) is 9.14. The van der Waals surface area contributed by atoms with Crippen LogP contribution in [0.5, 0.6) is 0 Å². The summed E-state index contributed by atoms with van der Waals surface area (Å²) in [4.78, 5) is 10.9. The molecule has 0 aromatic rings. The first-order valence-electron chi connectivity index (χ1n) is 4.72. The molecule has 0 aromatic heterocycles. The minimum absolute atomic E-state index is 0.695. The van der Waals surface area contributed by atoms with Crippen molar-refractivity contribution in [2.24, 2.45) is 11.7 Å². The second-order valence-corrected chi connectivity index (χ2v) is 3.67. The lowest BCUT2D eigenvalue weighted by Crippen LogP contribution is -2.51. The van der Waals surface area contributed by atoms with Crippen LogP contribution in [0.2, 0.25) is 0 Å². The van der Waals surface area contributed by atoms with Gasteiger partial charge in [-0.3, -0.25) is 4.79 Å². The van der Waals surface area contributed by atoms with Crippen molar-refractivity contribution in [1.29, 1.82) is 0 Å². The Hall–Kier alpha value is -1.03. The molecule has 2 atom stereocenters. The van der Waals surface area contributed by atoms with Crippen LogP contribution in [0.25, 0.3) is 0 Å². The highest BCUT2D eigenvalue weighted by molar-refractivity contribution is 5.80. The first-order chi connectivity index (χ1) is 7.87. The van der Waals surface area contributed by atoms with Crippen LogP contribution >= 0.6 is 0 Å². The molecule has 4 N–H and O–H groups in total. The van der Waals surface area contributed by atoms with Crippen LogP contribution in [-0.2, 0) is 4.79 Å². The molecule has 0 bridgehead atoms. The predicted octanol–water partition coefficient (Wildman–Crippen LogP) is 0.552. The molecule has 18 heavy (non-hydrogen) atoms. The number of alkyl halides is 6. The molecule has 0 rings (SSSR count). The average Bonchev–Trinajstić information content (AvgIpc) is 2.08. The first kappa shape index (κ1) is 17.0. The summed E-state index contributed by atoms with van der Waals surface area (Å²) in [6, 6.07) is -1.16. The molecule has 108 valence electrons. The van der Waals surface area contributed by atoms with E-state index in [9.17, 15) is 31.1 Å². The van der Waals surface area contributed by atoms with Crippen LogP contribution in [0.4, 0.5) is 26.3 Å². The topological polar surface area (TPSA) is 75.3 Å². The highest BCUT2D eigenvalue weighted by atomic mass is 19.4. The number of aliphatic hydroxyl groups excluding tert-OH is 1. The minimum Gasteiger partial charge on any atom is -0.392 e. The van der Waals surface area contributed by atoms with Crippen molar-refractivity contribution in [2.45, 2.75) is 31.4 Å². The Morgan fingerprint density at radius 2 is 1.61 bits per heavy atom. The van der Waals surface area contributed by atoms with Gasteiger partial charge in [-0.15, -0.1) is 0 Å². The maximum atomic E-state index is 12.1. The Kier molecular flexibility index (Phi) is 5.41. The lowest BCUT2D eigenvalue weighted by Gasteiger charge is -2.23. The highest BCUT2D eigenvalue weighted by Gasteiger charge is 2.61. The zero-order chi connectivity index (χ0) is 14.7. The van der Waals surface area contributed by atoms with Gasteiger partial charge in [0.2, 0.25) is 11.8 Å². The van der Waals surface area contributed by atoms with Gasteiger partial charge in [-0.05, 0) is 6.92 Å². The summed E-state index contributed by atoms with van der Waals surface area (Å²) in [5, 5.41) is 10.3. The third kappa shape index (κ3) is 5.08. The summed E-state index contributed by atoms with van der Waals surface area (Å²) in [5.41, 5.74) is 5.16. The number of halogens is 6. The van der Waals surface area contributed by atoms with Crippen molar-refractivity contribution < 1.29 is 36.2 Å². The molecule has 0 aromatic carbocycles. The van der Waals surface area contributed by atoms with E-state index in [4.69, 9.17) is 10.8 Å². The van der Waals surface area contributed by atoms with Gasteiger partial charge < -0.3 is 16.2 Å². The number of amides is 1. The third-order valence-electron chi connectivity index (χ3n) is 2.05. The molecule has 2 unspecified atom stereocenters. The largest absolute Gasteiger partial charge is 0.409 e. The van der Waals surface area contributed by atoms with Gasteiger partial charge >= 0.3 is 12.4 Å². The fourth-order valence-corrected chi connectivity index (χ4v) is 0.974. The van der Waals surface area contributed by atoms with E-state index in [1.807, 2.05) is 0 Å². The Morgan fingerprint density at radius 1 is 1.22 bits per heavy atom. The molecule has 4 nitrogen and oxygen atoms in total. The smallest absolute Gasteiger partial charge is 0.392 e. The number of rotatable bonds is 4. The summed E-state index contributed by atoms with van der Waals surface area (Å²) in [5.74, 6) is -6.35. The maximum Gasteiger partial charge on any atom is 0.409 e. The van der Waals surface area contributed by atoms with Crippen molar-refractivity contribution in [3.8, 4) is 0 Å². The van der Waals surface area contributed by atoms with E-state index in [-0.39, 0.29) is 0 Å². The van der Waals surface area contributed by atoms with E-state index >= 15 is 0 Å². The fourth-order valence-electron chi connectivity index (χ4n) is 0.974. The van der Waals surface area contributed by atoms with Gasteiger partial charge in [0.15, 0.2) is 0 Å². The predicted molar refractivity (Wildman–Crippen MR) is 48.3 cm³/mol. The Morgan fingerprint density at radius 3 is 1.89 bits per heavy atom. The third-order valence-corrected chi connectivity index (χ3v) is 2.05. The van der Waals surface area contributed by atoms with Crippen molar-refractivity contribution in [1.82, 2.24) is 5.32 Å². The summed E-state index contributed by atoms with van der Waals surface area (Å²) in [6.45, 7) is 0.487. The van der Waals surface area contributed by atoms with Crippen LogP contribution in [0.1, 0.15) is 6.92 Å². The van der Waals surface area contributed by atoms with Crippen LogP contribution in [0, 0.1) is 5.92 Å².